The maximum Gasteiger partial charge on any atom is 0.221 e. The standard InChI is InChI=1S/C11H13NO4/c1-7(14)12-9-4-5-10(15-2)11(16-3)8(9)6-13/h4-6H,1-3H3,(H,12,14). The zero-order chi connectivity index (χ0) is 12.1. The Hall–Kier alpha value is -2.04. The lowest BCUT2D eigenvalue weighted by molar-refractivity contribution is -0.114. The lowest BCUT2D eigenvalue weighted by Crippen LogP contribution is -2.09. The molecule has 16 heavy (non-hydrogen) atoms. The van der Waals surface area contributed by atoms with Crippen molar-refractivity contribution in [2.45, 2.75) is 6.92 Å². The summed E-state index contributed by atoms with van der Waals surface area (Å²) in [6.07, 6.45) is 0.618. The van der Waals surface area contributed by atoms with E-state index in [9.17, 15) is 9.59 Å². The maximum atomic E-state index is 11.0. The molecule has 5 heteroatoms. The zero-order valence-electron chi connectivity index (χ0n) is 9.37. The summed E-state index contributed by atoms with van der Waals surface area (Å²) in [5.41, 5.74) is 0.664. The Balaban J connectivity index is 3.30. The van der Waals surface area contributed by atoms with Crippen LogP contribution in [0, 0.1) is 0 Å². The molecule has 0 unspecified atom stereocenters. The van der Waals surface area contributed by atoms with Crippen LogP contribution in [0.1, 0.15) is 17.3 Å². The Kier molecular flexibility index (Phi) is 3.88. The lowest BCUT2D eigenvalue weighted by atomic mass is 10.1. The molecule has 1 aromatic rings. The molecule has 0 aliphatic heterocycles. The van der Waals surface area contributed by atoms with E-state index in [0.717, 1.165) is 0 Å². The van der Waals surface area contributed by atoms with Crippen molar-refractivity contribution in [3.63, 3.8) is 0 Å². The third kappa shape index (κ3) is 2.31. The molecule has 0 bridgehead atoms. The highest BCUT2D eigenvalue weighted by atomic mass is 16.5. The fourth-order valence-corrected chi connectivity index (χ4v) is 1.37. The molecule has 0 radical (unpaired) electrons. The summed E-state index contributed by atoms with van der Waals surface area (Å²) in [5.74, 6) is 0.498. The number of amides is 1. The van der Waals surface area contributed by atoms with E-state index >= 15 is 0 Å². The first-order valence-corrected chi connectivity index (χ1v) is 4.61. The molecule has 1 rings (SSSR count). The number of carbonyl (C=O) groups excluding carboxylic acids is 2. The highest BCUT2D eigenvalue weighted by Gasteiger charge is 2.14. The number of anilines is 1. The first-order valence-electron chi connectivity index (χ1n) is 4.61. The molecule has 0 aromatic heterocycles. The molecule has 0 aliphatic carbocycles. The molecule has 86 valence electrons. The predicted octanol–water partition coefficient (Wildman–Crippen LogP) is 1.47. The van der Waals surface area contributed by atoms with E-state index in [1.165, 1.54) is 21.1 Å². The number of ether oxygens (including phenoxy) is 2. The number of benzene rings is 1. The van der Waals surface area contributed by atoms with Crippen molar-refractivity contribution in [1.29, 1.82) is 0 Å². The molecular formula is C11H13NO4. The number of carbonyl (C=O) groups is 2. The third-order valence-electron chi connectivity index (χ3n) is 2.01. The van der Waals surface area contributed by atoms with Crippen LogP contribution >= 0.6 is 0 Å². The average molecular weight is 223 g/mol. The van der Waals surface area contributed by atoms with Crippen LogP contribution in [0.15, 0.2) is 12.1 Å². The van der Waals surface area contributed by atoms with Crippen LogP contribution < -0.4 is 14.8 Å². The van der Waals surface area contributed by atoms with E-state index in [0.29, 0.717) is 23.5 Å². The number of methoxy groups -OCH3 is 2. The third-order valence-corrected chi connectivity index (χ3v) is 2.01. The van der Waals surface area contributed by atoms with Gasteiger partial charge in [-0.2, -0.15) is 0 Å². The molecule has 0 spiro atoms. The number of hydrogen-bond donors (Lipinski definition) is 1. The number of aldehydes is 1. The minimum absolute atomic E-state index is 0.254. The van der Waals surface area contributed by atoms with Crippen molar-refractivity contribution < 1.29 is 19.1 Å². The van der Waals surface area contributed by atoms with E-state index in [2.05, 4.69) is 5.32 Å². The summed E-state index contributed by atoms with van der Waals surface area (Å²) >= 11 is 0. The van der Waals surface area contributed by atoms with E-state index in [1.54, 1.807) is 12.1 Å². The Morgan fingerprint density at radius 3 is 2.44 bits per heavy atom. The molecule has 0 atom stereocenters. The minimum atomic E-state index is -0.254. The van der Waals surface area contributed by atoms with E-state index in [1.807, 2.05) is 0 Å². The molecule has 0 aliphatic rings. The molecule has 1 aromatic carbocycles. The quantitative estimate of drug-likeness (QED) is 0.785. The van der Waals surface area contributed by atoms with Crippen LogP contribution in [-0.2, 0) is 4.79 Å². The Labute approximate surface area is 93.4 Å². The van der Waals surface area contributed by atoms with E-state index in [4.69, 9.17) is 9.47 Å². The van der Waals surface area contributed by atoms with Gasteiger partial charge in [-0.1, -0.05) is 0 Å². The molecule has 5 nitrogen and oxygen atoms in total. The van der Waals surface area contributed by atoms with Gasteiger partial charge >= 0.3 is 0 Å². The maximum absolute atomic E-state index is 11.0. The van der Waals surface area contributed by atoms with Gasteiger partial charge in [0.15, 0.2) is 17.8 Å². The molecule has 1 N–H and O–H groups in total. The van der Waals surface area contributed by atoms with E-state index < -0.39 is 0 Å². The number of hydrogen-bond acceptors (Lipinski definition) is 4. The zero-order valence-corrected chi connectivity index (χ0v) is 9.37. The Bertz CT molecular complexity index is 415. The van der Waals surface area contributed by atoms with E-state index in [-0.39, 0.29) is 11.5 Å². The Morgan fingerprint density at radius 2 is 2.00 bits per heavy atom. The van der Waals surface area contributed by atoms with Gasteiger partial charge in [-0.15, -0.1) is 0 Å². The minimum Gasteiger partial charge on any atom is -0.493 e. The summed E-state index contributed by atoms with van der Waals surface area (Å²) < 4.78 is 10.1. The van der Waals surface area contributed by atoms with Crippen molar-refractivity contribution in [2.75, 3.05) is 19.5 Å². The number of nitrogens with one attached hydrogen (secondary N) is 1. The monoisotopic (exact) mass is 223 g/mol. The van der Waals surface area contributed by atoms with Gasteiger partial charge in [0.1, 0.15) is 0 Å². The first kappa shape index (κ1) is 12.0. The average Bonchev–Trinajstić information content (AvgIpc) is 2.27. The summed E-state index contributed by atoms with van der Waals surface area (Å²) in [4.78, 5) is 21.9. The molecule has 0 heterocycles. The largest absolute Gasteiger partial charge is 0.493 e. The fraction of sp³-hybridized carbons (Fsp3) is 0.273. The highest BCUT2D eigenvalue weighted by Crippen LogP contribution is 2.34. The second-order valence-corrected chi connectivity index (χ2v) is 3.06. The molecule has 0 fully saturated rings. The van der Waals surface area contributed by atoms with Crippen molar-refractivity contribution in [3.8, 4) is 11.5 Å². The summed E-state index contributed by atoms with van der Waals surface area (Å²) in [7, 11) is 2.91. The molecule has 0 saturated carbocycles. The second-order valence-electron chi connectivity index (χ2n) is 3.06. The van der Waals surface area contributed by atoms with Gasteiger partial charge in [-0.3, -0.25) is 9.59 Å². The van der Waals surface area contributed by atoms with Crippen LogP contribution in [0.4, 0.5) is 5.69 Å². The fourth-order valence-electron chi connectivity index (χ4n) is 1.37. The van der Waals surface area contributed by atoms with Crippen molar-refractivity contribution >= 4 is 17.9 Å². The van der Waals surface area contributed by atoms with Gasteiger partial charge in [-0.25, -0.2) is 0 Å². The van der Waals surface area contributed by atoms with Crippen molar-refractivity contribution in [2.24, 2.45) is 0 Å². The smallest absolute Gasteiger partial charge is 0.221 e. The molecule has 0 saturated heterocycles. The van der Waals surface area contributed by atoms with Crippen molar-refractivity contribution in [1.82, 2.24) is 0 Å². The summed E-state index contributed by atoms with van der Waals surface area (Å²) in [6, 6.07) is 3.21. The van der Waals surface area contributed by atoms with Gasteiger partial charge in [0.2, 0.25) is 5.91 Å². The van der Waals surface area contributed by atoms with Gasteiger partial charge < -0.3 is 14.8 Å². The summed E-state index contributed by atoms with van der Waals surface area (Å²) in [5, 5.41) is 2.54. The van der Waals surface area contributed by atoms with Crippen LogP contribution in [0.3, 0.4) is 0 Å². The predicted molar refractivity (Wildman–Crippen MR) is 59.2 cm³/mol. The van der Waals surface area contributed by atoms with Crippen LogP contribution in [0.2, 0.25) is 0 Å². The van der Waals surface area contributed by atoms with Gasteiger partial charge in [0, 0.05) is 6.92 Å². The molecule has 1 amide bonds. The van der Waals surface area contributed by atoms with Gasteiger partial charge in [-0.05, 0) is 12.1 Å². The van der Waals surface area contributed by atoms with Gasteiger partial charge in [0.25, 0.3) is 0 Å². The SMILES string of the molecule is COc1ccc(NC(C)=O)c(C=O)c1OC. The lowest BCUT2D eigenvalue weighted by Gasteiger charge is -2.13. The van der Waals surface area contributed by atoms with Crippen LogP contribution in [0.25, 0.3) is 0 Å². The highest BCUT2D eigenvalue weighted by molar-refractivity contribution is 5.97. The van der Waals surface area contributed by atoms with Crippen molar-refractivity contribution in [3.05, 3.63) is 17.7 Å². The topological polar surface area (TPSA) is 64.6 Å². The normalized spacial score (nSPS) is 9.44. The van der Waals surface area contributed by atoms with Crippen LogP contribution in [-0.4, -0.2) is 26.4 Å². The Morgan fingerprint density at radius 1 is 1.31 bits per heavy atom. The number of rotatable bonds is 4. The first-order chi connectivity index (χ1) is 7.63. The van der Waals surface area contributed by atoms with Crippen LogP contribution in [0.5, 0.6) is 11.5 Å². The van der Waals surface area contributed by atoms with Gasteiger partial charge in [0.05, 0.1) is 25.5 Å². The molecular weight excluding hydrogens is 210 g/mol. The second kappa shape index (κ2) is 5.16. The summed E-state index contributed by atoms with van der Waals surface area (Å²) in [6.45, 7) is 1.37.